The molecule has 5 nitrogen and oxygen atoms in total. The second kappa shape index (κ2) is 4.81. The highest BCUT2D eigenvalue weighted by atomic mass is 79.9. The number of carboxylic acid groups (broad SMARTS) is 1. The number of alkyl halides is 1. The minimum Gasteiger partial charge on any atom is -0.477 e. The fraction of sp³-hybridized carbons (Fsp3) is 0.167. The topological polar surface area (TPSA) is 71.3 Å². The van der Waals surface area contributed by atoms with Crippen LogP contribution in [0.15, 0.2) is 30.3 Å². The van der Waals surface area contributed by atoms with Gasteiger partial charge >= 0.3 is 5.97 Å². The summed E-state index contributed by atoms with van der Waals surface area (Å²) in [4.78, 5) is 22.4. The third-order valence-corrected chi connectivity index (χ3v) is 2.93. The van der Waals surface area contributed by atoms with Crippen LogP contribution in [0.1, 0.15) is 17.4 Å². The van der Waals surface area contributed by atoms with Crippen LogP contribution in [-0.2, 0) is 4.79 Å². The predicted molar refractivity (Wildman–Crippen MR) is 71.7 cm³/mol. The molecule has 2 aromatic rings. The summed E-state index contributed by atoms with van der Waals surface area (Å²) in [7, 11) is 0. The van der Waals surface area contributed by atoms with E-state index in [0.717, 1.165) is 5.39 Å². The number of carboxylic acids is 1. The van der Waals surface area contributed by atoms with E-state index in [1.54, 1.807) is 25.1 Å². The third kappa shape index (κ3) is 2.24. The predicted octanol–water partition coefficient (Wildman–Crippen LogP) is 2.19. The van der Waals surface area contributed by atoms with Gasteiger partial charge in [0, 0.05) is 5.39 Å². The zero-order valence-electron chi connectivity index (χ0n) is 9.55. The van der Waals surface area contributed by atoms with E-state index in [0.29, 0.717) is 5.52 Å². The number of carbonyl (C=O) groups is 2. The van der Waals surface area contributed by atoms with Crippen molar-refractivity contribution in [3.8, 4) is 0 Å². The van der Waals surface area contributed by atoms with Gasteiger partial charge in [-0.1, -0.05) is 34.1 Å². The van der Waals surface area contributed by atoms with Gasteiger partial charge in [-0.15, -0.1) is 0 Å². The van der Waals surface area contributed by atoms with Gasteiger partial charge in [0.1, 0.15) is 5.69 Å². The van der Waals surface area contributed by atoms with Gasteiger partial charge in [-0.3, -0.25) is 10.2 Å². The van der Waals surface area contributed by atoms with Crippen molar-refractivity contribution in [1.29, 1.82) is 0 Å². The second-order valence-corrected chi connectivity index (χ2v) is 5.19. The summed E-state index contributed by atoms with van der Waals surface area (Å²) in [5.41, 5.74) is 3.24. The summed E-state index contributed by atoms with van der Waals surface area (Å²) in [6.07, 6.45) is 0. The summed E-state index contributed by atoms with van der Waals surface area (Å²) in [5.74, 6) is -1.40. The number of para-hydroxylation sites is 1. The van der Waals surface area contributed by atoms with Crippen LogP contribution in [0.5, 0.6) is 0 Å². The summed E-state index contributed by atoms with van der Waals surface area (Å²) >= 11 is 3.14. The van der Waals surface area contributed by atoms with Crippen molar-refractivity contribution in [3.63, 3.8) is 0 Å². The first-order chi connectivity index (χ1) is 8.50. The number of nitrogens with zero attached hydrogens (tertiary/aromatic N) is 1. The number of rotatable bonds is 3. The van der Waals surface area contributed by atoms with Gasteiger partial charge in [-0.25, -0.2) is 9.47 Å². The molecule has 1 amide bonds. The number of aromatic nitrogens is 1. The molecule has 2 N–H and O–H groups in total. The Morgan fingerprint density at radius 1 is 1.39 bits per heavy atom. The Kier molecular flexibility index (Phi) is 3.38. The fourth-order valence-electron chi connectivity index (χ4n) is 1.63. The lowest BCUT2D eigenvalue weighted by Crippen LogP contribution is -2.30. The van der Waals surface area contributed by atoms with Gasteiger partial charge in [-0.2, -0.15) is 0 Å². The SMILES string of the molecule is CC(Br)C(=O)Nn1c(C(=O)O)cc2ccccc21. The minimum absolute atomic E-state index is 0.0256. The molecular formula is C12H11BrN2O3. The summed E-state index contributed by atoms with van der Waals surface area (Å²) in [5, 5.41) is 9.90. The van der Waals surface area contributed by atoms with E-state index in [9.17, 15) is 9.59 Å². The number of nitrogens with one attached hydrogen (secondary N) is 1. The second-order valence-electron chi connectivity index (χ2n) is 3.82. The van der Waals surface area contributed by atoms with Crippen LogP contribution >= 0.6 is 15.9 Å². The lowest BCUT2D eigenvalue weighted by atomic mass is 10.2. The highest BCUT2D eigenvalue weighted by Crippen LogP contribution is 2.18. The Hall–Kier alpha value is -1.82. The van der Waals surface area contributed by atoms with Crippen molar-refractivity contribution in [2.24, 2.45) is 0 Å². The molecule has 0 saturated heterocycles. The molecular weight excluding hydrogens is 300 g/mol. The number of halogens is 1. The van der Waals surface area contributed by atoms with Gasteiger partial charge in [-0.05, 0) is 19.1 Å². The maximum Gasteiger partial charge on any atom is 0.354 e. The Balaban J connectivity index is 2.55. The first-order valence-electron chi connectivity index (χ1n) is 5.29. The maximum atomic E-state index is 11.7. The molecule has 1 unspecified atom stereocenters. The molecule has 1 aromatic carbocycles. The van der Waals surface area contributed by atoms with Crippen LogP contribution in [0.25, 0.3) is 10.9 Å². The van der Waals surface area contributed by atoms with Crippen molar-refractivity contribution in [1.82, 2.24) is 4.68 Å². The van der Waals surface area contributed by atoms with E-state index in [1.807, 2.05) is 6.07 Å². The normalized spacial score (nSPS) is 12.3. The molecule has 1 atom stereocenters. The Bertz CT molecular complexity index is 619. The molecule has 0 saturated carbocycles. The molecule has 0 bridgehead atoms. The number of fused-ring (bicyclic) bond motifs is 1. The van der Waals surface area contributed by atoms with E-state index < -0.39 is 10.8 Å². The standard InChI is InChI=1S/C12H11BrN2O3/c1-7(13)11(16)14-15-9-5-3-2-4-8(9)6-10(15)12(17)18/h2-7H,1H3,(H,14,16)(H,17,18). The minimum atomic E-state index is -1.09. The van der Waals surface area contributed by atoms with Crippen molar-refractivity contribution >= 4 is 38.7 Å². The van der Waals surface area contributed by atoms with Crippen LogP contribution in [0.4, 0.5) is 0 Å². The Labute approximate surface area is 111 Å². The average Bonchev–Trinajstić information content (AvgIpc) is 2.68. The molecule has 0 fully saturated rings. The van der Waals surface area contributed by atoms with Gasteiger partial charge in [0.25, 0.3) is 5.91 Å². The summed E-state index contributed by atoms with van der Waals surface area (Å²) in [6.45, 7) is 1.67. The molecule has 6 heteroatoms. The van der Waals surface area contributed by atoms with Crippen LogP contribution < -0.4 is 5.43 Å². The number of amides is 1. The number of aromatic carboxylic acids is 1. The van der Waals surface area contributed by atoms with E-state index in [1.165, 1.54) is 10.7 Å². The molecule has 18 heavy (non-hydrogen) atoms. The van der Waals surface area contributed by atoms with Gasteiger partial charge in [0.15, 0.2) is 0 Å². The van der Waals surface area contributed by atoms with Crippen molar-refractivity contribution in [3.05, 3.63) is 36.0 Å². The van der Waals surface area contributed by atoms with Crippen LogP contribution in [0, 0.1) is 0 Å². The molecule has 2 rings (SSSR count). The van der Waals surface area contributed by atoms with E-state index >= 15 is 0 Å². The Morgan fingerprint density at radius 2 is 2.06 bits per heavy atom. The zero-order chi connectivity index (χ0) is 13.3. The molecule has 0 aliphatic heterocycles. The van der Waals surface area contributed by atoms with Gasteiger partial charge < -0.3 is 5.11 Å². The van der Waals surface area contributed by atoms with E-state index in [4.69, 9.17) is 5.11 Å². The van der Waals surface area contributed by atoms with Crippen molar-refractivity contribution in [2.75, 3.05) is 5.43 Å². The molecule has 0 spiro atoms. The smallest absolute Gasteiger partial charge is 0.354 e. The number of hydrogen-bond acceptors (Lipinski definition) is 2. The number of hydrogen-bond donors (Lipinski definition) is 2. The lowest BCUT2D eigenvalue weighted by molar-refractivity contribution is -0.116. The summed E-state index contributed by atoms with van der Waals surface area (Å²) < 4.78 is 1.29. The first kappa shape index (κ1) is 12.6. The monoisotopic (exact) mass is 310 g/mol. The van der Waals surface area contributed by atoms with E-state index in [2.05, 4.69) is 21.4 Å². The first-order valence-corrected chi connectivity index (χ1v) is 6.21. The Morgan fingerprint density at radius 3 is 2.67 bits per heavy atom. The van der Waals surface area contributed by atoms with Gasteiger partial charge in [0.2, 0.25) is 0 Å². The quantitative estimate of drug-likeness (QED) is 0.854. The summed E-state index contributed by atoms with van der Waals surface area (Å²) in [6, 6.07) is 8.67. The fourth-order valence-corrected chi connectivity index (χ4v) is 1.73. The number of benzene rings is 1. The maximum absolute atomic E-state index is 11.7. The zero-order valence-corrected chi connectivity index (χ0v) is 11.1. The van der Waals surface area contributed by atoms with Crippen LogP contribution in [-0.4, -0.2) is 26.5 Å². The lowest BCUT2D eigenvalue weighted by Gasteiger charge is -2.11. The van der Waals surface area contributed by atoms with Crippen molar-refractivity contribution in [2.45, 2.75) is 11.8 Å². The molecule has 0 aliphatic rings. The molecule has 94 valence electrons. The van der Waals surface area contributed by atoms with Crippen LogP contribution in [0.2, 0.25) is 0 Å². The largest absolute Gasteiger partial charge is 0.477 e. The highest BCUT2D eigenvalue weighted by molar-refractivity contribution is 9.10. The average molecular weight is 311 g/mol. The molecule has 1 aromatic heterocycles. The van der Waals surface area contributed by atoms with Crippen molar-refractivity contribution < 1.29 is 14.7 Å². The molecule has 1 heterocycles. The van der Waals surface area contributed by atoms with E-state index in [-0.39, 0.29) is 11.6 Å². The van der Waals surface area contributed by atoms with Crippen LogP contribution in [0.3, 0.4) is 0 Å². The number of carbonyl (C=O) groups excluding carboxylic acids is 1. The molecule has 0 aliphatic carbocycles. The third-order valence-electron chi connectivity index (χ3n) is 2.51. The highest BCUT2D eigenvalue weighted by Gasteiger charge is 2.17. The molecule has 0 radical (unpaired) electrons. The van der Waals surface area contributed by atoms with Gasteiger partial charge in [0.05, 0.1) is 10.3 Å².